The molecule has 7 heteroatoms. The first kappa shape index (κ1) is 18.8. The fraction of sp³-hybridized carbons (Fsp3) is 0.474. The summed E-state index contributed by atoms with van der Waals surface area (Å²) < 4.78 is 5.78. The maximum Gasteiger partial charge on any atom is 0.236 e. The summed E-state index contributed by atoms with van der Waals surface area (Å²) in [5, 5.41) is 6.25. The van der Waals surface area contributed by atoms with E-state index in [1.54, 1.807) is 11.3 Å². The largest absolute Gasteiger partial charge is 0.486 e. The molecular weight excluding hydrogens is 348 g/mol. The molecule has 1 aromatic carbocycles. The summed E-state index contributed by atoms with van der Waals surface area (Å²) in [6, 6.07) is 8.01. The Morgan fingerprint density at radius 3 is 2.77 bits per heavy atom. The van der Waals surface area contributed by atoms with Crippen molar-refractivity contribution in [2.24, 2.45) is 0 Å². The normalized spacial score (nSPS) is 14.7. The highest BCUT2D eigenvalue weighted by Crippen LogP contribution is 2.16. The number of nitrogens with zero attached hydrogens (tertiary/aromatic N) is 3. The third-order valence-corrected chi connectivity index (χ3v) is 5.16. The molecule has 0 radical (unpaired) electrons. The number of hydrogen-bond donors (Lipinski definition) is 1. The van der Waals surface area contributed by atoms with Gasteiger partial charge < -0.3 is 15.0 Å². The van der Waals surface area contributed by atoms with Gasteiger partial charge in [0.2, 0.25) is 5.91 Å². The van der Waals surface area contributed by atoms with Crippen LogP contribution in [0.25, 0.3) is 0 Å². The van der Waals surface area contributed by atoms with E-state index in [-0.39, 0.29) is 5.91 Å². The first-order valence-corrected chi connectivity index (χ1v) is 9.78. The van der Waals surface area contributed by atoms with Gasteiger partial charge in [-0.3, -0.25) is 9.69 Å². The first-order chi connectivity index (χ1) is 12.6. The van der Waals surface area contributed by atoms with Gasteiger partial charge in [-0.1, -0.05) is 17.7 Å². The van der Waals surface area contributed by atoms with Crippen molar-refractivity contribution in [3.05, 3.63) is 45.9 Å². The Hall–Kier alpha value is -1.96. The monoisotopic (exact) mass is 374 g/mol. The molecule has 0 unspecified atom stereocenters. The zero-order valence-electron chi connectivity index (χ0n) is 15.4. The summed E-state index contributed by atoms with van der Waals surface area (Å²) in [6.07, 6.45) is 0. The fourth-order valence-electron chi connectivity index (χ4n) is 2.84. The third-order valence-electron chi connectivity index (χ3n) is 4.29. The van der Waals surface area contributed by atoms with Crippen molar-refractivity contribution in [3.8, 4) is 5.75 Å². The van der Waals surface area contributed by atoms with E-state index >= 15 is 0 Å². The van der Waals surface area contributed by atoms with Crippen molar-refractivity contribution >= 4 is 17.2 Å². The third kappa shape index (κ3) is 5.52. The number of rotatable bonds is 7. The second-order valence-corrected chi connectivity index (χ2v) is 7.58. The summed E-state index contributed by atoms with van der Waals surface area (Å²) in [4.78, 5) is 20.9. The van der Waals surface area contributed by atoms with Gasteiger partial charge in [0.1, 0.15) is 17.4 Å². The van der Waals surface area contributed by atoms with E-state index in [1.165, 1.54) is 5.56 Å². The number of hydrogen-bond acceptors (Lipinski definition) is 6. The topological polar surface area (TPSA) is 57.7 Å². The Balaban J connectivity index is 1.45. The minimum atomic E-state index is 0.187. The van der Waals surface area contributed by atoms with Gasteiger partial charge in [0.25, 0.3) is 0 Å². The molecule has 0 atom stereocenters. The number of carbonyl (C=O) groups excluding carboxylic acids is 1. The number of aryl methyl sites for hydroxylation is 1. The van der Waals surface area contributed by atoms with E-state index in [4.69, 9.17) is 4.74 Å². The van der Waals surface area contributed by atoms with Gasteiger partial charge in [0.15, 0.2) is 0 Å². The number of carbonyl (C=O) groups is 1. The zero-order chi connectivity index (χ0) is 18.4. The summed E-state index contributed by atoms with van der Waals surface area (Å²) in [7, 11) is 1.96. The molecule has 1 N–H and O–H groups in total. The molecule has 6 nitrogen and oxygen atoms in total. The number of ether oxygens (including phenoxy) is 1. The van der Waals surface area contributed by atoms with Crippen molar-refractivity contribution in [3.63, 3.8) is 0 Å². The number of piperazine rings is 1. The Morgan fingerprint density at radius 1 is 1.31 bits per heavy atom. The van der Waals surface area contributed by atoms with Gasteiger partial charge in [-0.05, 0) is 26.1 Å². The molecule has 3 rings (SSSR count). The van der Waals surface area contributed by atoms with Gasteiger partial charge in [-0.2, -0.15) is 0 Å². The smallest absolute Gasteiger partial charge is 0.236 e. The van der Waals surface area contributed by atoms with Gasteiger partial charge in [-0.25, -0.2) is 4.98 Å². The minimum absolute atomic E-state index is 0.187. The van der Waals surface area contributed by atoms with Crippen LogP contribution in [0.3, 0.4) is 0 Å². The lowest BCUT2D eigenvalue weighted by molar-refractivity contribution is -0.132. The van der Waals surface area contributed by atoms with E-state index in [9.17, 15) is 4.79 Å². The maximum atomic E-state index is 12.3. The van der Waals surface area contributed by atoms with Crippen molar-refractivity contribution in [1.29, 1.82) is 0 Å². The van der Waals surface area contributed by atoms with Crippen LogP contribution in [-0.4, -0.2) is 60.5 Å². The van der Waals surface area contributed by atoms with Crippen LogP contribution >= 0.6 is 11.3 Å². The highest BCUT2D eigenvalue weighted by atomic mass is 32.1. The number of thiazole rings is 1. The molecule has 0 bridgehead atoms. The van der Waals surface area contributed by atoms with E-state index in [1.807, 2.05) is 46.5 Å². The number of aromatic nitrogens is 1. The van der Waals surface area contributed by atoms with Crippen LogP contribution in [-0.2, 0) is 17.9 Å². The highest BCUT2D eigenvalue weighted by molar-refractivity contribution is 7.09. The molecule has 1 fully saturated rings. The zero-order valence-corrected chi connectivity index (χ0v) is 16.2. The molecule has 1 saturated heterocycles. The molecule has 0 spiro atoms. The van der Waals surface area contributed by atoms with Crippen molar-refractivity contribution in [2.75, 3.05) is 39.8 Å². The average molecular weight is 375 g/mol. The summed E-state index contributed by atoms with van der Waals surface area (Å²) in [5.41, 5.74) is 2.19. The molecule has 0 aliphatic carbocycles. The predicted molar refractivity (Wildman–Crippen MR) is 103 cm³/mol. The van der Waals surface area contributed by atoms with Crippen LogP contribution in [0, 0.1) is 6.92 Å². The quantitative estimate of drug-likeness (QED) is 0.802. The molecule has 2 heterocycles. The van der Waals surface area contributed by atoms with Crippen LogP contribution in [0.15, 0.2) is 29.6 Å². The molecule has 1 aromatic heterocycles. The Morgan fingerprint density at radius 2 is 2.04 bits per heavy atom. The highest BCUT2D eigenvalue weighted by Gasteiger charge is 2.18. The van der Waals surface area contributed by atoms with E-state index in [2.05, 4.69) is 17.2 Å². The minimum Gasteiger partial charge on any atom is -0.486 e. The lowest BCUT2D eigenvalue weighted by Crippen LogP contribution is -2.49. The van der Waals surface area contributed by atoms with Crippen LogP contribution in [0.5, 0.6) is 5.75 Å². The second kappa shape index (κ2) is 9.12. The second-order valence-electron chi connectivity index (χ2n) is 6.64. The molecule has 1 amide bonds. The Labute approximate surface area is 158 Å². The number of nitrogens with one attached hydrogen (secondary N) is 1. The number of amides is 1. The lowest BCUT2D eigenvalue weighted by atomic mass is 10.2. The van der Waals surface area contributed by atoms with Gasteiger partial charge in [0.05, 0.1) is 12.2 Å². The number of benzene rings is 1. The van der Waals surface area contributed by atoms with Crippen molar-refractivity contribution < 1.29 is 9.53 Å². The number of likely N-dealkylation sites (N-methyl/N-ethyl adjacent to an activating group) is 1. The van der Waals surface area contributed by atoms with Crippen molar-refractivity contribution in [2.45, 2.75) is 20.1 Å². The van der Waals surface area contributed by atoms with Crippen LogP contribution in [0.4, 0.5) is 0 Å². The molecule has 2 aromatic rings. The molecule has 0 saturated carbocycles. The van der Waals surface area contributed by atoms with E-state index in [0.29, 0.717) is 19.7 Å². The van der Waals surface area contributed by atoms with E-state index < -0.39 is 0 Å². The molecule has 140 valence electrons. The summed E-state index contributed by atoms with van der Waals surface area (Å²) >= 11 is 1.59. The molecule has 1 aliphatic heterocycles. The maximum absolute atomic E-state index is 12.3. The van der Waals surface area contributed by atoms with Crippen LogP contribution in [0.1, 0.15) is 16.3 Å². The molecular formula is C19H26N4O2S. The first-order valence-electron chi connectivity index (χ1n) is 8.90. The summed E-state index contributed by atoms with van der Waals surface area (Å²) in [5.74, 6) is 1.04. The van der Waals surface area contributed by atoms with Gasteiger partial charge in [0, 0.05) is 38.1 Å². The standard InChI is InChI=1S/C19H26N4O2S/c1-15-3-5-17(6-4-15)25-13-18-21-16(14-26-18)11-22(2)12-19(24)23-9-7-20-8-10-23/h3-6,14,20H,7-13H2,1-2H3. The molecule has 1 aliphatic rings. The average Bonchev–Trinajstić information content (AvgIpc) is 3.09. The Bertz CT molecular complexity index is 711. The Kier molecular flexibility index (Phi) is 6.60. The SMILES string of the molecule is Cc1ccc(OCc2nc(CN(C)CC(=O)N3CCNCC3)cs2)cc1. The molecule has 26 heavy (non-hydrogen) atoms. The van der Waals surface area contributed by atoms with Gasteiger partial charge in [-0.15, -0.1) is 11.3 Å². The van der Waals surface area contributed by atoms with Gasteiger partial charge >= 0.3 is 0 Å². The van der Waals surface area contributed by atoms with Crippen molar-refractivity contribution in [1.82, 2.24) is 20.1 Å². The summed E-state index contributed by atoms with van der Waals surface area (Å²) in [6.45, 7) is 6.97. The van der Waals surface area contributed by atoms with Crippen LogP contribution < -0.4 is 10.1 Å². The van der Waals surface area contributed by atoms with Crippen LogP contribution in [0.2, 0.25) is 0 Å². The predicted octanol–water partition coefficient (Wildman–Crippen LogP) is 1.89. The lowest BCUT2D eigenvalue weighted by Gasteiger charge is -2.29. The fourth-order valence-corrected chi connectivity index (χ4v) is 3.54. The van der Waals surface area contributed by atoms with E-state index in [0.717, 1.165) is 42.6 Å².